The zero-order chi connectivity index (χ0) is 12.5. The second kappa shape index (κ2) is 5.25. The largest absolute Gasteiger partial charge is 0.392 e. The Morgan fingerprint density at radius 2 is 1.94 bits per heavy atom. The molecule has 1 aliphatic carbocycles. The molecule has 2 fully saturated rings. The zero-order valence-electron chi connectivity index (χ0n) is 11.6. The number of aliphatic hydroxyl groups is 1. The summed E-state index contributed by atoms with van der Waals surface area (Å²) in [7, 11) is 2.22. The van der Waals surface area contributed by atoms with Crippen LogP contribution in [0.1, 0.15) is 39.5 Å². The predicted molar refractivity (Wildman–Crippen MR) is 71.0 cm³/mol. The first-order valence-corrected chi connectivity index (χ1v) is 7.10. The van der Waals surface area contributed by atoms with Crippen LogP contribution in [0.2, 0.25) is 0 Å². The normalized spacial score (nSPS) is 34.6. The van der Waals surface area contributed by atoms with Crippen molar-refractivity contribution in [1.82, 2.24) is 10.2 Å². The predicted octanol–water partition coefficient (Wildman–Crippen LogP) is 1.47. The van der Waals surface area contributed by atoms with Crippen molar-refractivity contribution in [3.05, 3.63) is 0 Å². The molecule has 0 bridgehead atoms. The van der Waals surface area contributed by atoms with E-state index >= 15 is 0 Å². The number of piperidine rings is 1. The summed E-state index contributed by atoms with van der Waals surface area (Å²) in [6.45, 7) is 7.97. The molecule has 0 aromatic heterocycles. The number of hydrogen-bond donors (Lipinski definition) is 2. The molecule has 0 amide bonds. The molecule has 17 heavy (non-hydrogen) atoms. The topological polar surface area (TPSA) is 35.5 Å². The third-order valence-corrected chi connectivity index (χ3v) is 5.00. The smallest absolute Gasteiger partial charge is 0.0621 e. The molecule has 0 aromatic carbocycles. The molecule has 2 rings (SSSR count). The summed E-state index contributed by atoms with van der Waals surface area (Å²) in [4.78, 5) is 2.43. The number of likely N-dealkylation sites (tertiary alicyclic amines) is 1. The second-order valence-electron chi connectivity index (χ2n) is 6.61. The van der Waals surface area contributed by atoms with Crippen LogP contribution >= 0.6 is 0 Å². The average Bonchev–Trinajstić information content (AvgIpc) is 2.30. The quantitative estimate of drug-likeness (QED) is 0.781. The van der Waals surface area contributed by atoms with Gasteiger partial charge >= 0.3 is 0 Å². The van der Waals surface area contributed by atoms with Gasteiger partial charge in [0.1, 0.15) is 0 Å². The Hall–Kier alpha value is -0.120. The lowest BCUT2D eigenvalue weighted by Gasteiger charge is -2.49. The summed E-state index contributed by atoms with van der Waals surface area (Å²) in [5.74, 6) is 0.909. The molecule has 2 N–H and O–H groups in total. The molecule has 0 spiro atoms. The van der Waals surface area contributed by atoms with Crippen molar-refractivity contribution in [3.8, 4) is 0 Å². The van der Waals surface area contributed by atoms with Crippen molar-refractivity contribution < 1.29 is 5.11 Å². The molecule has 0 aromatic rings. The van der Waals surface area contributed by atoms with Gasteiger partial charge in [0.15, 0.2) is 0 Å². The van der Waals surface area contributed by atoms with E-state index in [1.165, 1.54) is 32.4 Å². The Bertz CT molecular complexity index is 247. The van der Waals surface area contributed by atoms with Crippen molar-refractivity contribution in [1.29, 1.82) is 0 Å². The van der Waals surface area contributed by atoms with Crippen LogP contribution in [0.4, 0.5) is 0 Å². The van der Waals surface area contributed by atoms with Gasteiger partial charge in [-0.25, -0.2) is 0 Å². The highest BCUT2D eigenvalue weighted by atomic mass is 16.3. The van der Waals surface area contributed by atoms with Gasteiger partial charge in [-0.05, 0) is 58.3 Å². The molecule has 2 atom stereocenters. The molecule has 1 saturated carbocycles. The zero-order valence-corrected chi connectivity index (χ0v) is 11.6. The molecule has 0 radical (unpaired) electrons. The number of nitrogens with zero attached hydrogens (tertiary/aromatic N) is 1. The lowest BCUT2D eigenvalue weighted by atomic mass is 9.64. The van der Waals surface area contributed by atoms with Crippen LogP contribution in [0.3, 0.4) is 0 Å². The molecule has 1 aliphatic heterocycles. The molecule has 2 aliphatic rings. The first-order chi connectivity index (χ1) is 8.00. The fraction of sp³-hybridized carbons (Fsp3) is 1.00. The molecule has 3 nitrogen and oxygen atoms in total. The van der Waals surface area contributed by atoms with E-state index < -0.39 is 0 Å². The van der Waals surface area contributed by atoms with Crippen molar-refractivity contribution >= 4 is 0 Å². The van der Waals surface area contributed by atoms with Crippen LogP contribution in [0.15, 0.2) is 0 Å². The van der Waals surface area contributed by atoms with Gasteiger partial charge in [0.05, 0.1) is 6.10 Å². The minimum atomic E-state index is -0.108. The maximum absolute atomic E-state index is 9.68. The summed E-state index contributed by atoms with van der Waals surface area (Å²) >= 11 is 0. The molecule has 2 unspecified atom stereocenters. The molecular weight excluding hydrogens is 212 g/mol. The van der Waals surface area contributed by atoms with Gasteiger partial charge < -0.3 is 15.3 Å². The Balaban J connectivity index is 1.61. The minimum absolute atomic E-state index is 0.0762. The molecule has 1 saturated heterocycles. The molecular formula is C14H28N2O. The molecule has 1 heterocycles. The Morgan fingerprint density at radius 3 is 2.47 bits per heavy atom. The summed E-state index contributed by atoms with van der Waals surface area (Å²) in [5, 5.41) is 13.3. The van der Waals surface area contributed by atoms with Crippen LogP contribution < -0.4 is 5.32 Å². The van der Waals surface area contributed by atoms with Crippen LogP contribution in [-0.4, -0.2) is 48.8 Å². The van der Waals surface area contributed by atoms with Gasteiger partial charge in [-0.2, -0.15) is 0 Å². The van der Waals surface area contributed by atoms with E-state index in [4.69, 9.17) is 0 Å². The third-order valence-electron chi connectivity index (χ3n) is 5.00. The fourth-order valence-electron chi connectivity index (χ4n) is 3.06. The van der Waals surface area contributed by atoms with E-state index in [1.54, 1.807) is 0 Å². The number of nitrogens with one attached hydrogen (secondary N) is 1. The second-order valence-corrected chi connectivity index (χ2v) is 6.61. The van der Waals surface area contributed by atoms with E-state index in [2.05, 4.69) is 31.1 Å². The SMILES string of the molecule is CN1CCC(CCNC2CC(O)C2(C)C)CC1. The third kappa shape index (κ3) is 3.01. The van der Waals surface area contributed by atoms with E-state index in [1.807, 2.05) is 0 Å². The lowest BCUT2D eigenvalue weighted by molar-refractivity contribution is -0.0726. The van der Waals surface area contributed by atoms with Crippen LogP contribution in [-0.2, 0) is 0 Å². The van der Waals surface area contributed by atoms with Gasteiger partial charge in [0.25, 0.3) is 0 Å². The first kappa shape index (κ1) is 13.3. The molecule has 100 valence electrons. The highest BCUT2D eigenvalue weighted by Gasteiger charge is 2.46. The van der Waals surface area contributed by atoms with Gasteiger partial charge in [-0.3, -0.25) is 0 Å². The summed E-state index contributed by atoms with van der Waals surface area (Å²) < 4.78 is 0. The van der Waals surface area contributed by atoms with Crippen LogP contribution in [0.5, 0.6) is 0 Å². The number of rotatable bonds is 4. The van der Waals surface area contributed by atoms with Crippen molar-refractivity contribution in [2.45, 2.75) is 51.7 Å². The highest BCUT2D eigenvalue weighted by molar-refractivity contribution is 5.01. The average molecular weight is 240 g/mol. The van der Waals surface area contributed by atoms with E-state index in [0.29, 0.717) is 6.04 Å². The first-order valence-electron chi connectivity index (χ1n) is 7.10. The Morgan fingerprint density at radius 1 is 1.29 bits per heavy atom. The monoisotopic (exact) mass is 240 g/mol. The summed E-state index contributed by atoms with van der Waals surface area (Å²) in [6, 6.07) is 0.517. The van der Waals surface area contributed by atoms with Gasteiger partial charge in [0, 0.05) is 11.5 Å². The minimum Gasteiger partial charge on any atom is -0.392 e. The van der Waals surface area contributed by atoms with Crippen molar-refractivity contribution in [2.75, 3.05) is 26.7 Å². The standard InChI is InChI=1S/C14H28N2O/c1-14(2)12(10-13(14)17)15-7-4-11-5-8-16(3)9-6-11/h11-13,15,17H,4-10H2,1-3H3. The van der Waals surface area contributed by atoms with E-state index in [9.17, 15) is 5.11 Å². The Kier molecular flexibility index (Phi) is 4.11. The van der Waals surface area contributed by atoms with E-state index in [0.717, 1.165) is 18.9 Å². The van der Waals surface area contributed by atoms with Crippen molar-refractivity contribution in [2.24, 2.45) is 11.3 Å². The summed E-state index contributed by atoms with van der Waals surface area (Å²) in [6.07, 6.45) is 4.84. The fourth-order valence-corrected chi connectivity index (χ4v) is 3.06. The van der Waals surface area contributed by atoms with Gasteiger partial charge in [-0.15, -0.1) is 0 Å². The molecule has 3 heteroatoms. The van der Waals surface area contributed by atoms with Gasteiger partial charge in [0.2, 0.25) is 0 Å². The van der Waals surface area contributed by atoms with Crippen LogP contribution in [0, 0.1) is 11.3 Å². The van der Waals surface area contributed by atoms with Gasteiger partial charge in [-0.1, -0.05) is 13.8 Å². The van der Waals surface area contributed by atoms with E-state index in [-0.39, 0.29) is 11.5 Å². The van der Waals surface area contributed by atoms with Crippen LogP contribution in [0.25, 0.3) is 0 Å². The highest BCUT2D eigenvalue weighted by Crippen LogP contribution is 2.40. The summed E-state index contributed by atoms with van der Waals surface area (Å²) in [5.41, 5.74) is 0.0762. The maximum atomic E-state index is 9.68. The number of aliphatic hydroxyl groups excluding tert-OH is 1. The maximum Gasteiger partial charge on any atom is 0.0621 e. The van der Waals surface area contributed by atoms with Crippen molar-refractivity contribution in [3.63, 3.8) is 0 Å². The Labute approximate surface area is 106 Å². The lowest BCUT2D eigenvalue weighted by Crippen LogP contribution is -2.60. The number of hydrogen-bond acceptors (Lipinski definition) is 3.